The first-order valence-electron chi connectivity index (χ1n) is 12.5. The highest BCUT2D eigenvalue weighted by Crippen LogP contribution is 2.51. The maximum atomic E-state index is 16.7. The number of nitrogens with zero attached hydrogens (tertiary/aromatic N) is 4. The third-order valence-electron chi connectivity index (χ3n) is 7.02. The van der Waals surface area contributed by atoms with Crippen LogP contribution in [0, 0.1) is 23.0 Å². The number of aromatic nitrogens is 2. The van der Waals surface area contributed by atoms with Crippen molar-refractivity contribution in [3.63, 3.8) is 0 Å². The molecule has 2 aliphatic rings. The lowest BCUT2D eigenvalue weighted by Crippen LogP contribution is -2.42. The summed E-state index contributed by atoms with van der Waals surface area (Å²) >= 11 is 7.81. The quantitative estimate of drug-likeness (QED) is 0.316. The van der Waals surface area contributed by atoms with Crippen molar-refractivity contribution in [1.82, 2.24) is 9.97 Å². The monoisotopic (exact) mass is 571 g/mol. The Morgan fingerprint density at radius 2 is 2.10 bits per heavy atom. The number of benzene rings is 2. The Morgan fingerprint density at radius 1 is 1.31 bits per heavy atom. The number of nitriles is 1. The number of rotatable bonds is 4. The van der Waals surface area contributed by atoms with Gasteiger partial charge in [0.2, 0.25) is 0 Å². The summed E-state index contributed by atoms with van der Waals surface area (Å²) in [6.45, 7) is 4.01. The van der Waals surface area contributed by atoms with E-state index in [1.54, 1.807) is 13.8 Å². The first-order chi connectivity index (χ1) is 18.6. The Kier molecular flexibility index (Phi) is 6.17. The molecule has 2 aromatic heterocycles. The highest BCUT2D eigenvalue weighted by atomic mass is 35.5. The van der Waals surface area contributed by atoms with Crippen LogP contribution in [-0.4, -0.2) is 46.5 Å². The molecule has 1 atom stereocenters. The van der Waals surface area contributed by atoms with Crippen LogP contribution in [0.15, 0.2) is 12.1 Å². The summed E-state index contributed by atoms with van der Waals surface area (Å²) in [5.41, 5.74) is 4.91. The summed E-state index contributed by atoms with van der Waals surface area (Å²) in [6, 6.07) is 4.45. The molecule has 2 aliphatic heterocycles. The number of halogens is 3. The van der Waals surface area contributed by atoms with Gasteiger partial charge in [-0.3, -0.25) is 0 Å². The largest absolute Gasteiger partial charge is 0.489 e. The highest BCUT2D eigenvalue weighted by Gasteiger charge is 2.35. The van der Waals surface area contributed by atoms with Crippen LogP contribution in [0.1, 0.15) is 38.7 Å². The van der Waals surface area contributed by atoms with E-state index in [2.05, 4.69) is 14.9 Å². The van der Waals surface area contributed by atoms with Crippen LogP contribution in [0.4, 0.5) is 19.6 Å². The van der Waals surface area contributed by atoms with E-state index in [9.17, 15) is 14.8 Å². The van der Waals surface area contributed by atoms with Gasteiger partial charge in [0.05, 0.1) is 32.3 Å². The molecule has 0 spiro atoms. The number of fused-ring (bicyclic) bond motifs is 3. The van der Waals surface area contributed by atoms with E-state index in [1.165, 1.54) is 12.1 Å². The molecular formula is C27H24ClF2N5O3S. The Bertz CT molecular complexity index is 1700. The fraction of sp³-hybridized carbons (Fsp3) is 0.370. The number of anilines is 2. The molecule has 6 rings (SSSR count). The molecular weight excluding hydrogens is 548 g/mol. The lowest BCUT2D eigenvalue weighted by atomic mass is 9.96. The van der Waals surface area contributed by atoms with E-state index in [0.29, 0.717) is 24.4 Å². The molecule has 0 amide bonds. The van der Waals surface area contributed by atoms with Gasteiger partial charge in [-0.1, -0.05) is 17.7 Å². The van der Waals surface area contributed by atoms with Crippen LogP contribution in [-0.2, 0) is 0 Å². The second kappa shape index (κ2) is 9.33. The molecule has 0 bridgehead atoms. The van der Waals surface area contributed by atoms with Gasteiger partial charge in [-0.2, -0.15) is 15.2 Å². The summed E-state index contributed by atoms with van der Waals surface area (Å²) in [5.74, 6) is -0.726. The fourth-order valence-corrected chi connectivity index (χ4v) is 6.54. The van der Waals surface area contributed by atoms with Gasteiger partial charge < -0.3 is 25.2 Å². The maximum absolute atomic E-state index is 16.7. The minimum Gasteiger partial charge on any atom is -0.489 e. The molecule has 2 aromatic carbocycles. The van der Waals surface area contributed by atoms with Gasteiger partial charge in [-0.25, -0.2) is 8.78 Å². The zero-order chi connectivity index (χ0) is 27.6. The predicted molar refractivity (Wildman–Crippen MR) is 147 cm³/mol. The molecule has 39 heavy (non-hydrogen) atoms. The number of thiophene rings is 1. The highest BCUT2D eigenvalue weighted by molar-refractivity contribution is 7.23. The number of piperidine rings is 1. The van der Waals surface area contributed by atoms with Crippen molar-refractivity contribution in [2.45, 2.75) is 44.8 Å². The number of hydrogen-bond donors (Lipinski definition) is 2. The van der Waals surface area contributed by atoms with Crippen LogP contribution >= 0.6 is 22.9 Å². The van der Waals surface area contributed by atoms with Gasteiger partial charge in [0.25, 0.3) is 0 Å². The standard InChI is InChI=1S/C27H24ClF2N5O3S/c1-27(2,36)11-38-26-33-21-18-22(37-10-12-5-3-4-8-35(12)25(18)34-26)19(28)17(20(21)30)13-6-7-15(29)23-16(13)14(9-31)24(32)39-23/h6-7,12,36H,3-5,8,10-11,32H2,1-2H3/t12-/m0/s1. The molecule has 3 N–H and O–H groups in total. The summed E-state index contributed by atoms with van der Waals surface area (Å²) in [4.78, 5) is 11.1. The Balaban J connectivity index is 1.68. The van der Waals surface area contributed by atoms with Gasteiger partial charge in [0, 0.05) is 17.5 Å². The minimum atomic E-state index is -1.18. The summed E-state index contributed by atoms with van der Waals surface area (Å²) < 4.78 is 43.5. The zero-order valence-corrected chi connectivity index (χ0v) is 22.7. The molecule has 1 saturated heterocycles. The molecule has 4 heterocycles. The van der Waals surface area contributed by atoms with Crippen molar-refractivity contribution < 1.29 is 23.4 Å². The molecule has 0 aliphatic carbocycles. The third kappa shape index (κ3) is 4.18. The topological polar surface area (TPSA) is 118 Å². The number of nitrogen functional groups attached to an aromatic ring is 1. The van der Waals surface area contributed by atoms with Gasteiger partial charge in [0.1, 0.15) is 41.4 Å². The summed E-state index contributed by atoms with van der Waals surface area (Å²) in [5, 5.41) is 20.5. The number of hydrogen-bond acceptors (Lipinski definition) is 9. The van der Waals surface area contributed by atoms with Crippen molar-refractivity contribution in [3.8, 4) is 29.0 Å². The van der Waals surface area contributed by atoms with E-state index in [4.69, 9.17) is 26.8 Å². The molecule has 1 fully saturated rings. The molecule has 12 heteroatoms. The van der Waals surface area contributed by atoms with Gasteiger partial charge in [-0.05, 0) is 44.7 Å². The number of aliphatic hydroxyl groups is 1. The number of nitrogens with two attached hydrogens (primary N) is 1. The lowest BCUT2D eigenvalue weighted by molar-refractivity contribution is 0.0251. The van der Waals surface area contributed by atoms with Crippen molar-refractivity contribution in [2.24, 2.45) is 0 Å². The van der Waals surface area contributed by atoms with Gasteiger partial charge in [-0.15, -0.1) is 11.3 Å². The fourth-order valence-electron chi connectivity index (χ4n) is 5.26. The van der Waals surface area contributed by atoms with E-state index < -0.39 is 17.2 Å². The first kappa shape index (κ1) is 25.8. The molecule has 8 nitrogen and oxygen atoms in total. The van der Waals surface area contributed by atoms with Crippen molar-refractivity contribution in [3.05, 3.63) is 34.4 Å². The Hall–Kier alpha value is -3.46. The van der Waals surface area contributed by atoms with Crippen molar-refractivity contribution in [1.29, 1.82) is 5.26 Å². The summed E-state index contributed by atoms with van der Waals surface area (Å²) in [7, 11) is 0. The molecule has 0 radical (unpaired) electrons. The normalized spacial score (nSPS) is 17.1. The van der Waals surface area contributed by atoms with Crippen LogP contribution < -0.4 is 20.1 Å². The minimum absolute atomic E-state index is 0.0200. The second-order valence-corrected chi connectivity index (χ2v) is 11.8. The van der Waals surface area contributed by atoms with Crippen molar-refractivity contribution >= 4 is 54.7 Å². The maximum Gasteiger partial charge on any atom is 0.319 e. The van der Waals surface area contributed by atoms with Gasteiger partial charge >= 0.3 is 6.01 Å². The van der Waals surface area contributed by atoms with E-state index in [1.807, 2.05) is 6.07 Å². The Morgan fingerprint density at radius 3 is 2.85 bits per heavy atom. The second-order valence-electron chi connectivity index (χ2n) is 10.4. The van der Waals surface area contributed by atoms with Crippen molar-refractivity contribution in [2.75, 3.05) is 30.4 Å². The van der Waals surface area contributed by atoms with Crippen LogP contribution in [0.3, 0.4) is 0 Å². The summed E-state index contributed by atoms with van der Waals surface area (Å²) in [6.07, 6.45) is 2.79. The number of ether oxygens (including phenoxy) is 2. The lowest BCUT2D eigenvalue weighted by Gasteiger charge is -2.35. The predicted octanol–water partition coefficient (Wildman–Crippen LogP) is 5.80. The first-order valence-corrected chi connectivity index (χ1v) is 13.7. The average molecular weight is 572 g/mol. The average Bonchev–Trinajstić information content (AvgIpc) is 3.15. The molecule has 0 saturated carbocycles. The zero-order valence-electron chi connectivity index (χ0n) is 21.1. The molecule has 202 valence electrons. The van der Waals surface area contributed by atoms with E-state index in [-0.39, 0.29) is 66.7 Å². The van der Waals surface area contributed by atoms with Crippen LogP contribution in [0.25, 0.3) is 32.1 Å². The molecule has 4 aromatic rings. The third-order valence-corrected chi connectivity index (χ3v) is 8.40. The SMILES string of the molecule is CC(C)(O)COc1nc2c3c(c(Cl)c(-c4ccc(F)c5sc(N)c(C#N)c45)c(F)c3n1)OC[C@@H]1CCCCN21. The van der Waals surface area contributed by atoms with Gasteiger partial charge in [0.15, 0.2) is 11.6 Å². The van der Waals surface area contributed by atoms with E-state index in [0.717, 1.165) is 30.6 Å². The molecule has 0 unspecified atom stereocenters. The van der Waals surface area contributed by atoms with E-state index >= 15 is 4.39 Å². The smallest absolute Gasteiger partial charge is 0.319 e. The van der Waals surface area contributed by atoms with Crippen LogP contribution in [0.2, 0.25) is 5.02 Å². The Labute approximate surface area is 231 Å². The van der Waals surface area contributed by atoms with Crippen LogP contribution in [0.5, 0.6) is 11.8 Å².